The molecular formula is C13H16N4O2. The second kappa shape index (κ2) is 5.99. The van der Waals surface area contributed by atoms with Crippen molar-refractivity contribution in [3.63, 3.8) is 0 Å². The summed E-state index contributed by atoms with van der Waals surface area (Å²) in [5.41, 5.74) is 1.34. The number of aryl methyl sites for hydroxylation is 2. The third-order valence-electron chi connectivity index (χ3n) is 2.80. The zero-order valence-electron chi connectivity index (χ0n) is 10.7. The lowest BCUT2D eigenvalue weighted by atomic mass is 10.1. The predicted octanol–water partition coefficient (Wildman–Crippen LogP) is 1.18. The maximum Gasteiger partial charge on any atom is 0.251 e. The molecule has 6 heteroatoms. The fourth-order valence-corrected chi connectivity index (χ4v) is 1.81. The number of phenols is 1. The third kappa shape index (κ3) is 3.54. The van der Waals surface area contributed by atoms with Crippen molar-refractivity contribution in [2.24, 2.45) is 0 Å². The summed E-state index contributed by atoms with van der Waals surface area (Å²) in [6.45, 7) is 2.36. The van der Waals surface area contributed by atoms with Gasteiger partial charge in [-0.3, -0.25) is 9.89 Å². The Balaban J connectivity index is 1.81. The number of aromatic hydroxyl groups is 1. The molecule has 100 valence electrons. The van der Waals surface area contributed by atoms with Gasteiger partial charge in [0.2, 0.25) is 0 Å². The Morgan fingerprint density at radius 3 is 3.00 bits per heavy atom. The summed E-state index contributed by atoms with van der Waals surface area (Å²) in [6, 6.07) is 4.70. The van der Waals surface area contributed by atoms with Gasteiger partial charge in [0.15, 0.2) is 0 Å². The molecule has 0 unspecified atom stereocenters. The van der Waals surface area contributed by atoms with Crippen molar-refractivity contribution in [1.29, 1.82) is 0 Å². The average Bonchev–Trinajstić information content (AvgIpc) is 2.87. The van der Waals surface area contributed by atoms with Crippen LogP contribution in [-0.2, 0) is 6.42 Å². The van der Waals surface area contributed by atoms with E-state index in [1.54, 1.807) is 19.1 Å². The number of H-pyrrole nitrogens is 1. The Labute approximate surface area is 110 Å². The van der Waals surface area contributed by atoms with Crippen molar-refractivity contribution in [2.75, 3.05) is 6.54 Å². The molecule has 0 bridgehead atoms. The molecule has 0 radical (unpaired) electrons. The lowest BCUT2D eigenvalue weighted by Crippen LogP contribution is -2.25. The highest BCUT2D eigenvalue weighted by Crippen LogP contribution is 2.15. The van der Waals surface area contributed by atoms with Crippen LogP contribution in [0.25, 0.3) is 0 Å². The lowest BCUT2D eigenvalue weighted by molar-refractivity contribution is 0.0952. The van der Waals surface area contributed by atoms with E-state index in [9.17, 15) is 9.90 Å². The van der Waals surface area contributed by atoms with Crippen LogP contribution >= 0.6 is 0 Å². The molecule has 0 aliphatic rings. The van der Waals surface area contributed by atoms with Gasteiger partial charge in [0.05, 0.1) is 0 Å². The van der Waals surface area contributed by atoms with Crippen LogP contribution in [0, 0.1) is 6.92 Å². The van der Waals surface area contributed by atoms with Crippen LogP contribution in [0.5, 0.6) is 5.75 Å². The van der Waals surface area contributed by atoms with Crippen molar-refractivity contribution in [2.45, 2.75) is 19.8 Å². The van der Waals surface area contributed by atoms with E-state index in [4.69, 9.17) is 0 Å². The molecule has 2 rings (SSSR count). The van der Waals surface area contributed by atoms with Crippen molar-refractivity contribution >= 4 is 5.91 Å². The van der Waals surface area contributed by atoms with Gasteiger partial charge < -0.3 is 10.4 Å². The van der Waals surface area contributed by atoms with Gasteiger partial charge >= 0.3 is 0 Å². The molecule has 0 saturated heterocycles. The normalized spacial score (nSPS) is 10.4. The van der Waals surface area contributed by atoms with E-state index >= 15 is 0 Å². The van der Waals surface area contributed by atoms with Crippen LogP contribution in [0.2, 0.25) is 0 Å². The van der Waals surface area contributed by atoms with E-state index in [0.717, 1.165) is 24.2 Å². The molecular weight excluding hydrogens is 244 g/mol. The summed E-state index contributed by atoms with van der Waals surface area (Å²) in [4.78, 5) is 15.9. The second-order valence-electron chi connectivity index (χ2n) is 4.29. The molecule has 0 aliphatic carbocycles. The highest BCUT2D eigenvalue weighted by molar-refractivity contribution is 5.95. The molecule has 0 spiro atoms. The van der Waals surface area contributed by atoms with Gasteiger partial charge in [0.1, 0.15) is 17.9 Å². The van der Waals surface area contributed by atoms with Crippen molar-refractivity contribution < 1.29 is 9.90 Å². The molecule has 1 aromatic heterocycles. The summed E-state index contributed by atoms with van der Waals surface area (Å²) in [5.74, 6) is 0.851. The topological polar surface area (TPSA) is 90.9 Å². The van der Waals surface area contributed by atoms with Crippen LogP contribution in [0.3, 0.4) is 0 Å². The van der Waals surface area contributed by atoms with E-state index in [1.807, 2.05) is 0 Å². The summed E-state index contributed by atoms with van der Waals surface area (Å²) < 4.78 is 0. The first kappa shape index (κ1) is 13.1. The number of aromatic nitrogens is 3. The van der Waals surface area contributed by atoms with Gasteiger partial charge in [-0.2, -0.15) is 5.10 Å². The van der Waals surface area contributed by atoms with Crippen LogP contribution in [0.4, 0.5) is 0 Å². The Kier molecular flexibility index (Phi) is 4.12. The number of carbonyl (C=O) groups is 1. The van der Waals surface area contributed by atoms with E-state index in [0.29, 0.717) is 12.1 Å². The number of amides is 1. The van der Waals surface area contributed by atoms with Gasteiger partial charge in [0, 0.05) is 18.5 Å². The first-order valence-corrected chi connectivity index (χ1v) is 6.09. The zero-order chi connectivity index (χ0) is 13.7. The van der Waals surface area contributed by atoms with Crippen LogP contribution < -0.4 is 5.32 Å². The Morgan fingerprint density at radius 1 is 1.47 bits per heavy atom. The molecule has 3 N–H and O–H groups in total. The van der Waals surface area contributed by atoms with Gasteiger partial charge in [-0.15, -0.1) is 0 Å². The number of hydrogen-bond acceptors (Lipinski definition) is 4. The fraction of sp³-hybridized carbons (Fsp3) is 0.308. The van der Waals surface area contributed by atoms with E-state index in [2.05, 4.69) is 20.5 Å². The number of nitrogens with one attached hydrogen (secondary N) is 2. The van der Waals surface area contributed by atoms with Gasteiger partial charge in [-0.25, -0.2) is 4.98 Å². The number of aromatic amines is 1. The predicted molar refractivity (Wildman–Crippen MR) is 69.9 cm³/mol. The lowest BCUT2D eigenvalue weighted by Gasteiger charge is -2.07. The van der Waals surface area contributed by atoms with Crippen molar-refractivity contribution in [3.05, 3.63) is 41.5 Å². The monoisotopic (exact) mass is 260 g/mol. The number of nitrogens with zero attached hydrogens (tertiary/aromatic N) is 2. The smallest absolute Gasteiger partial charge is 0.251 e. The number of benzene rings is 1. The standard InChI is InChI=1S/C13H16N4O2/c1-9-7-10(18)4-5-11(9)13(19)14-6-2-3-12-15-8-16-17-12/h4-5,7-8,18H,2-3,6H2,1H3,(H,14,19)(H,15,16,17). The average molecular weight is 260 g/mol. The number of rotatable bonds is 5. The highest BCUT2D eigenvalue weighted by atomic mass is 16.3. The second-order valence-corrected chi connectivity index (χ2v) is 4.29. The number of hydrogen-bond donors (Lipinski definition) is 3. The van der Waals surface area contributed by atoms with Gasteiger partial charge in [-0.05, 0) is 37.1 Å². The van der Waals surface area contributed by atoms with Crippen LogP contribution in [-0.4, -0.2) is 32.7 Å². The molecule has 0 atom stereocenters. The minimum Gasteiger partial charge on any atom is -0.508 e. The molecule has 1 aromatic carbocycles. The van der Waals surface area contributed by atoms with E-state index in [-0.39, 0.29) is 11.7 Å². The minimum absolute atomic E-state index is 0.130. The Hall–Kier alpha value is -2.37. The molecule has 1 amide bonds. The molecule has 2 aromatic rings. The van der Waals surface area contributed by atoms with Crippen molar-refractivity contribution in [3.8, 4) is 5.75 Å². The molecule has 19 heavy (non-hydrogen) atoms. The molecule has 0 saturated carbocycles. The first-order chi connectivity index (χ1) is 9.16. The molecule has 0 aliphatic heterocycles. The quantitative estimate of drug-likeness (QED) is 0.704. The molecule has 1 heterocycles. The zero-order valence-corrected chi connectivity index (χ0v) is 10.7. The van der Waals surface area contributed by atoms with E-state index in [1.165, 1.54) is 12.4 Å². The number of carbonyl (C=O) groups excluding carboxylic acids is 1. The fourth-order valence-electron chi connectivity index (χ4n) is 1.81. The first-order valence-electron chi connectivity index (χ1n) is 6.09. The minimum atomic E-state index is -0.130. The Morgan fingerprint density at radius 2 is 2.32 bits per heavy atom. The van der Waals surface area contributed by atoms with Crippen molar-refractivity contribution in [1.82, 2.24) is 20.5 Å². The van der Waals surface area contributed by atoms with Crippen LogP contribution in [0.15, 0.2) is 24.5 Å². The third-order valence-corrected chi connectivity index (χ3v) is 2.80. The summed E-state index contributed by atoms with van der Waals surface area (Å²) >= 11 is 0. The number of phenolic OH excluding ortho intramolecular Hbond substituents is 1. The van der Waals surface area contributed by atoms with E-state index < -0.39 is 0 Å². The van der Waals surface area contributed by atoms with Crippen LogP contribution in [0.1, 0.15) is 28.2 Å². The van der Waals surface area contributed by atoms with Gasteiger partial charge in [0.25, 0.3) is 5.91 Å². The summed E-state index contributed by atoms with van der Waals surface area (Å²) in [6.07, 6.45) is 3.00. The maximum absolute atomic E-state index is 11.9. The maximum atomic E-state index is 11.9. The summed E-state index contributed by atoms with van der Waals surface area (Å²) in [5, 5.41) is 18.7. The Bertz CT molecular complexity index is 552. The highest BCUT2D eigenvalue weighted by Gasteiger charge is 2.08. The van der Waals surface area contributed by atoms with Gasteiger partial charge in [-0.1, -0.05) is 0 Å². The largest absolute Gasteiger partial charge is 0.508 e. The molecule has 0 fully saturated rings. The summed E-state index contributed by atoms with van der Waals surface area (Å²) in [7, 11) is 0. The molecule has 6 nitrogen and oxygen atoms in total. The SMILES string of the molecule is Cc1cc(O)ccc1C(=O)NCCCc1ncn[nH]1.